The van der Waals surface area contributed by atoms with Crippen LogP contribution in [-0.2, 0) is 6.54 Å². The predicted octanol–water partition coefficient (Wildman–Crippen LogP) is 3.10. The maximum absolute atomic E-state index is 4.93. The van der Waals surface area contributed by atoms with Crippen LogP contribution in [0.4, 0.5) is 0 Å². The van der Waals surface area contributed by atoms with E-state index in [9.17, 15) is 0 Å². The van der Waals surface area contributed by atoms with Gasteiger partial charge in [-0.3, -0.25) is 9.89 Å². The summed E-state index contributed by atoms with van der Waals surface area (Å²) in [6.45, 7) is 19.0. The fraction of sp³-hybridized carbons (Fsp3) is 0.720. The van der Waals surface area contributed by atoms with Crippen LogP contribution in [0.3, 0.4) is 0 Å². The van der Waals surface area contributed by atoms with Crippen LogP contribution in [0.5, 0.6) is 0 Å². The molecule has 0 saturated carbocycles. The van der Waals surface area contributed by atoms with Crippen LogP contribution in [0.15, 0.2) is 35.3 Å². The number of halogens is 1. The minimum Gasteiger partial charge on any atom is -0.357 e. The fourth-order valence-corrected chi connectivity index (χ4v) is 4.62. The van der Waals surface area contributed by atoms with Gasteiger partial charge in [-0.15, -0.1) is 24.0 Å². The minimum absolute atomic E-state index is 0. The summed E-state index contributed by atoms with van der Waals surface area (Å²) < 4.78 is 0. The van der Waals surface area contributed by atoms with Crippen molar-refractivity contribution in [3.8, 4) is 0 Å². The molecule has 2 N–H and O–H groups in total. The van der Waals surface area contributed by atoms with Crippen molar-refractivity contribution in [1.82, 2.24) is 25.3 Å². The van der Waals surface area contributed by atoms with Crippen molar-refractivity contribution in [2.24, 2.45) is 10.9 Å². The van der Waals surface area contributed by atoms with Gasteiger partial charge in [0, 0.05) is 71.5 Å². The van der Waals surface area contributed by atoms with E-state index in [-0.39, 0.29) is 24.0 Å². The second-order valence-corrected chi connectivity index (χ2v) is 9.24. The Hall–Kier alpha value is -0.900. The zero-order valence-corrected chi connectivity index (χ0v) is 22.8. The standard InChI is InChI=1S/C25H44N6.HI/c1-4-26-25(27-19-22(3)20-31-17-15-29(5-2)16-18-31)28-24-11-13-30(14-12-24)21-23-9-7-6-8-10-23;/h6-10,22,24H,4-5,11-21H2,1-3H3,(H2,26,27,28);1H. The Morgan fingerprint density at radius 1 is 0.969 bits per heavy atom. The maximum Gasteiger partial charge on any atom is 0.191 e. The highest BCUT2D eigenvalue weighted by molar-refractivity contribution is 14.0. The van der Waals surface area contributed by atoms with Gasteiger partial charge in [0.2, 0.25) is 0 Å². The summed E-state index contributed by atoms with van der Waals surface area (Å²) in [4.78, 5) is 12.6. The normalized spacial score (nSPS) is 20.5. The molecule has 2 fully saturated rings. The topological polar surface area (TPSA) is 46.1 Å². The van der Waals surface area contributed by atoms with Gasteiger partial charge >= 0.3 is 0 Å². The van der Waals surface area contributed by atoms with Gasteiger partial charge in [0.1, 0.15) is 0 Å². The van der Waals surface area contributed by atoms with Gasteiger partial charge in [-0.1, -0.05) is 44.2 Å². The van der Waals surface area contributed by atoms with E-state index in [2.05, 4.69) is 76.4 Å². The molecule has 1 aromatic carbocycles. The summed E-state index contributed by atoms with van der Waals surface area (Å²) in [6, 6.07) is 11.3. The highest BCUT2D eigenvalue weighted by Crippen LogP contribution is 2.14. The Labute approximate surface area is 213 Å². The molecule has 6 nitrogen and oxygen atoms in total. The van der Waals surface area contributed by atoms with Gasteiger partial charge in [0.25, 0.3) is 0 Å². The highest BCUT2D eigenvalue weighted by atomic mass is 127. The van der Waals surface area contributed by atoms with E-state index in [1.807, 2.05) is 0 Å². The van der Waals surface area contributed by atoms with E-state index in [4.69, 9.17) is 4.99 Å². The highest BCUT2D eigenvalue weighted by Gasteiger charge is 2.21. The third kappa shape index (κ3) is 9.53. The number of benzene rings is 1. The monoisotopic (exact) mass is 556 g/mol. The van der Waals surface area contributed by atoms with Crippen molar-refractivity contribution >= 4 is 29.9 Å². The third-order valence-electron chi connectivity index (χ3n) is 6.56. The van der Waals surface area contributed by atoms with Crippen LogP contribution in [-0.4, -0.2) is 92.1 Å². The maximum atomic E-state index is 4.93. The molecule has 2 saturated heterocycles. The van der Waals surface area contributed by atoms with Crippen LogP contribution in [0, 0.1) is 5.92 Å². The number of nitrogens with zero attached hydrogens (tertiary/aromatic N) is 4. The SMILES string of the molecule is CCNC(=NCC(C)CN1CCN(CC)CC1)NC1CCN(Cc2ccccc2)CC1.I. The number of guanidine groups is 1. The van der Waals surface area contributed by atoms with E-state index in [0.717, 1.165) is 45.2 Å². The summed E-state index contributed by atoms with van der Waals surface area (Å²) in [5, 5.41) is 7.16. The zero-order chi connectivity index (χ0) is 21.9. The number of piperazine rings is 1. The predicted molar refractivity (Wildman–Crippen MR) is 147 cm³/mol. The lowest BCUT2D eigenvalue weighted by atomic mass is 10.0. The molecule has 32 heavy (non-hydrogen) atoms. The van der Waals surface area contributed by atoms with Gasteiger partial charge in [-0.2, -0.15) is 0 Å². The number of rotatable bonds is 9. The first-order chi connectivity index (χ1) is 15.2. The first-order valence-electron chi connectivity index (χ1n) is 12.4. The molecular formula is C25H45IN6. The molecule has 3 rings (SSSR count). The Morgan fingerprint density at radius 3 is 2.25 bits per heavy atom. The fourth-order valence-electron chi connectivity index (χ4n) is 4.62. The second kappa shape index (κ2) is 15.1. The summed E-state index contributed by atoms with van der Waals surface area (Å²) in [5.74, 6) is 1.57. The van der Waals surface area contributed by atoms with E-state index in [1.54, 1.807) is 0 Å². The molecule has 2 aliphatic rings. The van der Waals surface area contributed by atoms with Gasteiger partial charge in [0.05, 0.1) is 0 Å². The smallest absolute Gasteiger partial charge is 0.191 e. The first-order valence-corrected chi connectivity index (χ1v) is 12.4. The zero-order valence-electron chi connectivity index (χ0n) is 20.4. The van der Waals surface area contributed by atoms with Crippen LogP contribution in [0.25, 0.3) is 0 Å². The molecule has 0 radical (unpaired) electrons. The summed E-state index contributed by atoms with van der Waals surface area (Å²) in [5.41, 5.74) is 1.41. The number of likely N-dealkylation sites (tertiary alicyclic amines) is 1. The Kier molecular flexibility index (Phi) is 12.9. The second-order valence-electron chi connectivity index (χ2n) is 9.24. The molecule has 0 spiro atoms. The molecule has 1 unspecified atom stereocenters. The Balaban J connectivity index is 0.00000363. The van der Waals surface area contributed by atoms with Gasteiger partial charge in [-0.05, 0) is 37.8 Å². The molecule has 182 valence electrons. The molecule has 0 aromatic heterocycles. The van der Waals surface area contributed by atoms with Crippen molar-refractivity contribution in [2.75, 3.05) is 65.4 Å². The van der Waals surface area contributed by atoms with Crippen molar-refractivity contribution < 1.29 is 0 Å². The minimum atomic E-state index is 0. The molecule has 1 aromatic rings. The van der Waals surface area contributed by atoms with Crippen LogP contribution >= 0.6 is 24.0 Å². The number of likely N-dealkylation sites (N-methyl/N-ethyl adjacent to an activating group) is 1. The average Bonchev–Trinajstić information content (AvgIpc) is 2.80. The number of aliphatic imine (C=N–C) groups is 1. The Bertz CT molecular complexity index is 639. The van der Waals surface area contributed by atoms with E-state index in [1.165, 1.54) is 51.1 Å². The number of nitrogens with one attached hydrogen (secondary N) is 2. The summed E-state index contributed by atoms with van der Waals surface area (Å²) in [6.07, 6.45) is 2.35. The van der Waals surface area contributed by atoms with E-state index >= 15 is 0 Å². The van der Waals surface area contributed by atoms with Crippen LogP contribution < -0.4 is 10.6 Å². The quantitative estimate of drug-likeness (QED) is 0.278. The first kappa shape index (κ1) is 27.3. The number of piperidine rings is 1. The van der Waals surface area contributed by atoms with Crippen molar-refractivity contribution in [3.63, 3.8) is 0 Å². The largest absolute Gasteiger partial charge is 0.357 e. The van der Waals surface area contributed by atoms with Gasteiger partial charge < -0.3 is 20.4 Å². The number of hydrogen-bond acceptors (Lipinski definition) is 4. The Morgan fingerprint density at radius 2 is 1.62 bits per heavy atom. The van der Waals surface area contributed by atoms with Crippen LogP contribution in [0.1, 0.15) is 39.2 Å². The molecule has 0 bridgehead atoms. The van der Waals surface area contributed by atoms with Crippen molar-refractivity contribution in [3.05, 3.63) is 35.9 Å². The molecule has 0 amide bonds. The average molecular weight is 557 g/mol. The molecule has 2 heterocycles. The van der Waals surface area contributed by atoms with E-state index < -0.39 is 0 Å². The molecule has 2 aliphatic heterocycles. The lowest BCUT2D eigenvalue weighted by molar-refractivity contribution is 0.125. The van der Waals surface area contributed by atoms with Crippen molar-refractivity contribution in [1.29, 1.82) is 0 Å². The van der Waals surface area contributed by atoms with Gasteiger partial charge in [-0.25, -0.2) is 0 Å². The molecule has 1 atom stereocenters. The van der Waals surface area contributed by atoms with Gasteiger partial charge in [0.15, 0.2) is 5.96 Å². The van der Waals surface area contributed by atoms with Crippen LogP contribution in [0.2, 0.25) is 0 Å². The molecule has 7 heteroatoms. The number of hydrogen-bond donors (Lipinski definition) is 2. The summed E-state index contributed by atoms with van der Waals surface area (Å²) in [7, 11) is 0. The molecule has 0 aliphatic carbocycles. The lowest BCUT2D eigenvalue weighted by Crippen LogP contribution is -2.49. The third-order valence-corrected chi connectivity index (χ3v) is 6.56. The molecular weight excluding hydrogens is 511 g/mol. The van der Waals surface area contributed by atoms with Crippen molar-refractivity contribution in [2.45, 2.75) is 46.2 Å². The van der Waals surface area contributed by atoms with E-state index in [0.29, 0.717) is 12.0 Å². The lowest BCUT2D eigenvalue weighted by Gasteiger charge is -2.35. The summed E-state index contributed by atoms with van der Waals surface area (Å²) >= 11 is 0.